The third-order valence-corrected chi connectivity index (χ3v) is 2.74. The summed E-state index contributed by atoms with van der Waals surface area (Å²) in [6, 6.07) is 6.89. The van der Waals surface area contributed by atoms with Gasteiger partial charge in [0.2, 0.25) is 0 Å². The highest BCUT2D eigenvalue weighted by atomic mass is 127. The highest BCUT2D eigenvalue weighted by molar-refractivity contribution is 14.0. The van der Waals surface area contributed by atoms with Gasteiger partial charge in [-0.3, -0.25) is 9.79 Å². The van der Waals surface area contributed by atoms with E-state index in [1.165, 1.54) is 0 Å². The van der Waals surface area contributed by atoms with Crippen LogP contribution in [0.2, 0.25) is 5.02 Å². The van der Waals surface area contributed by atoms with Crippen LogP contribution >= 0.6 is 35.6 Å². The van der Waals surface area contributed by atoms with Crippen LogP contribution in [0.25, 0.3) is 0 Å². The molecule has 1 amide bonds. The topological polar surface area (TPSA) is 88.7 Å². The third-order valence-electron chi connectivity index (χ3n) is 2.41. The quantitative estimate of drug-likeness (QED) is 0.265. The Morgan fingerprint density at radius 2 is 2.00 bits per heavy atom. The molecule has 1 rings (SSSR count). The average Bonchev–Trinajstić information content (AvgIpc) is 2.44. The molecule has 21 heavy (non-hydrogen) atoms. The van der Waals surface area contributed by atoms with Crippen LogP contribution in [0.5, 0.6) is 0 Å². The van der Waals surface area contributed by atoms with E-state index < -0.39 is 0 Å². The van der Waals surface area contributed by atoms with E-state index in [0.717, 1.165) is 0 Å². The van der Waals surface area contributed by atoms with Crippen molar-refractivity contribution in [2.45, 2.75) is 0 Å². The number of aliphatic imine (C=N–C) groups is 1. The lowest BCUT2D eigenvalue weighted by molar-refractivity contribution is 0.0954. The highest BCUT2D eigenvalue weighted by Crippen LogP contribution is 2.14. The number of amides is 1. The van der Waals surface area contributed by atoms with E-state index in [1.54, 1.807) is 31.4 Å². The summed E-state index contributed by atoms with van der Waals surface area (Å²) in [7, 11) is 1.60. The molecular weight excluding hydrogens is 407 g/mol. The molecule has 0 bridgehead atoms. The summed E-state index contributed by atoms with van der Waals surface area (Å²) in [6.07, 6.45) is 0. The van der Waals surface area contributed by atoms with Crippen LogP contribution in [0.3, 0.4) is 0 Å². The molecule has 0 fully saturated rings. The van der Waals surface area contributed by atoms with Gasteiger partial charge in [0, 0.05) is 20.2 Å². The van der Waals surface area contributed by atoms with Gasteiger partial charge in [-0.15, -0.1) is 24.0 Å². The second kappa shape index (κ2) is 11.6. The standard InChI is InChI=1S/C13H19ClN4O2.HI/c1-20-9-8-18-13(15)17-7-6-16-12(19)10-4-2-3-5-11(10)14;/h2-5H,6-9H2,1H3,(H,16,19)(H3,15,17,18);1H. The number of nitrogens with two attached hydrogens (primary N) is 1. The molecule has 4 N–H and O–H groups in total. The number of rotatable bonds is 7. The zero-order chi connectivity index (χ0) is 14.8. The number of nitrogens with one attached hydrogen (secondary N) is 2. The molecule has 0 heterocycles. The van der Waals surface area contributed by atoms with Gasteiger partial charge < -0.3 is 21.1 Å². The number of ether oxygens (including phenoxy) is 1. The summed E-state index contributed by atoms with van der Waals surface area (Å²) >= 11 is 5.93. The first-order valence-electron chi connectivity index (χ1n) is 6.20. The van der Waals surface area contributed by atoms with Crippen LogP contribution in [0.1, 0.15) is 10.4 Å². The van der Waals surface area contributed by atoms with Crippen molar-refractivity contribution in [2.75, 3.05) is 33.4 Å². The van der Waals surface area contributed by atoms with Crippen molar-refractivity contribution < 1.29 is 9.53 Å². The first-order chi connectivity index (χ1) is 9.65. The fourth-order valence-electron chi connectivity index (χ4n) is 1.42. The number of carbonyl (C=O) groups excluding carboxylic acids is 1. The van der Waals surface area contributed by atoms with E-state index >= 15 is 0 Å². The Balaban J connectivity index is 0.00000400. The number of nitrogens with zero attached hydrogens (tertiary/aromatic N) is 1. The predicted molar refractivity (Wildman–Crippen MR) is 95.6 cm³/mol. The van der Waals surface area contributed by atoms with Crippen molar-refractivity contribution in [2.24, 2.45) is 10.7 Å². The van der Waals surface area contributed by atoms with Crippen LogP contribution < -0.4 is 16.4 Å². The van der Waals surface area contributed by atoms with Crippen molar-refractivity contribution in [1.29, 1.82) is 0 Å². The van der Waals surface area contributed by atoms with E-state index in [4.69, 9.17) is 22.1 Å². The lowest BCUT2D eigenvalue weighted by Gasteiger charge is -2.08. The minimum Gasteiger partial charge on any atom is -0.383 e. The minimum absolute atomic E-state index is 0. The average molecular weight is 427 g/mol. The van der Waals surface area contributed by atoms with Gasteiger partial charge in [0.1, 0.15) is 0 Å². The number of methoxy groups -OCH3 is 1. The number of hydrogen-bond donors (Lipinski definition) is 3. The number of benzene rings is 1. The Hall–Kier alpha value is -1.06. The maximum Gasteiger partial charge on any atom is 0.252 e. The highest BCUT2D eigenvalue weighted by Gasteiger charge is 2.07. The number of carbonyl (C=O) groups is 1. The fourth-order valence-corrected chi connectivity index (χ4v) is 1.64. The largest absolute Gasteiger partial charge is 0.383 e. The van der Waals surface area contributed by atoms with Crippen LogP contribution in [0.15, 0.2) is 29.3 Å². The van der Waals surface area contributed by atoms with Gasteiger partial charge in [-0.2, -0.15) is 0 Å². The molecule has 0 saturated carbocycles. The van der Waals surface area contributed by atoms with Crippen LogP contribution in [0, 0.1) is 0 Å². The summed E-state index contributed by atoms with van der Waals surface area (Å²) in [5.41, 5.74) is 6.07. The Morgan fingerprint density at radius 3 is 2.67 bits per heavy atom. The van der Waals surface area contributed by atoms with E-state index in [9.17, 15) is 4.79 Å². The lowest BCUT2D eigenvalue weighted by atomic mass is 10.2. The second-order valence-electron chi connectivity index (χ2n) is 3.92. The molecule has 6 nitrogen and oxygen atoms in total. The van der Waals surface area contributed by atoms with Crippen LogP contribution in [0.4, 0.5) is 0 Å². The Morgan fingerprint density at radius 1 is 1.33 bits per heavy atom. The molecule has 0 spiro atoms. The van der Waals surface area contributed by atoms with Gasteiger partial charge in [0.25, 0.3) is 5.91 Å². The summed E-state index contributed by atoms with van der Waals surface area (Å²) < 4.78 is 4.85. The summed E-state index contributed by atoms with van der Waals surface area (Å²) in [5.74, 6) is 0.112. The number of guanidine groups is 1. The zero-order valence-corrected chi connectivity index (χ0v) is 14.9. The SMILES string of the molecule is COCCN=C(N)NCCNC(=O)c1ccccc1Cl.I. The van der Waals surface area contributed by atoms with Gasteiger partial charge in [0.15, 0.2) is 5.96 Å². The second-order valence-corrected chi connectivity index (χ2v) is 4.33. The van der Waals surface area contributed by atoms with Crippen molar-refractivity contribution in [3.05, 3.63) is 34.9 Å². The van der Waals surface area contributed by atoms with Gasteiger partial charge in [0.05, 0.1) is 23.7 Å². The first kappa shape index (κ1) is 19.9. The maximum absolute atomic E-state index is 11.8. The van der Waals surface area contributed by atoms with Gasteiger partial charge in [-0.25, -0.2) is 0 Å². The minimum atomic E-state index is -0.215. The molecule has 8 heteroatoms. The molecule has 0 radical (unpaired) electrons. The normalized spacial score (nSPS) is 10.7. The fraction of sp³-hybridized carbons (Fsp3) is 0.385. The third kappa shape index (κ3) is 8.08. The van der Waals surface area contributed by atoms with E-state index in [0.29, 0.717) is 42.8 Å². The van der Waals surface area contributed by atoms with E-state index in [1.807, 2.05) is 0 Å². The number of halogens is 2. The summed E-state index contributed by atoms with van der Waals surface area (Å²) in [6.45, 7) is 1.93. The first-order valence-corrected chi connectivity index (χ1v) is 6.58. The van der Waals surface area contributed by atoms with Gasteiger partial charge in [-0.05, 0) is 12.1 Å². The van der Waals surface area contributed by atoms with Crippen molar-refractivity contribution in [1.82, 2.24) is 10.6 Å². The molecule has 1 aromatic rings. The van der Waals surface area contributed by atoms with Crippen LogP contribution in [-0.4, -0.2) is 45.2 Å². The lowest BCUT2D eigenvalue weighted by Crippen LogP contribution is -2.38. The van der Waals surface area contributed by atoms with Gasteiger partial charge >= 0.3 is 0 Å². The molecule has 0 atom stereocenters. The summed E-state index contributed by atoms with van der Waals surface area (Å²) in [4.78, 5) is 15.8. The Kier molecular flexibility index (Phi) is 11.0. The Bertz CT molecular complexity index is 471. The molecule has 0 aliphatic rings. The zero-order valence-electron chi connectivity index (χ0n) is 11.8. The van der Waals surface area contributed by atoms with Crippen LogP contribution in [-0.2, 0) is 4.74 Å². The van der Waals surface area contributed by atoms with E-state index in [-0.39, 0.29) is 29.9 Å². The molecule has 0 aliphatic carbocycles. The van der Waals surface area contributed by atoms with Crippen molar-refractivity contribution in [3.63, 3.8) is 0 Å². The molecular formula is C13H20ClIN4O2. The molecule has 118 valence electrons. The summed E-state index contributed by atoms with van der Waals surface area (Å²) in [5, 5.41) is 6.06. The molecule has 0 aromatic heterocycles. The smallest absolute Gasteiger partial charge is 0.252 e. The molecule has 0 aliphatic heterocycles. The predicted octanol–water partition coefficient (Wildman–Crippen LogP) is 1.24. The molecule has 0 saturated heterocycles. The van der Waals surface area contributed by atoms with Crippen molar-refractivity contribution in [3.8, 4) is 0 Å². The van der Waals surface area contributed by atoms with Gasteiger partial charge in [-0.1, -0.05) is 23.7 Å². The number of hydrogen-bond acceptors (Lipinski definition) is 3. The molecule has 1 aromatic carbocycles. The maximum atomic E-state index is 11.8. The van der Waals surface area contributed by atoms with E-state index in [2.05, 4.69) is 15.6 Å². The molecule has 0 unspecified atom stereocenters. The monoisotopic (exact) mass is 426 g/mol. The van der Waals surface area contributed by atoms with Crippen molar-refractivity contribution >= 4 is 47.4 Å². The Labute approximate surface area is 146 Å².